The van der Waals surface area contributed by atoms with Crippen LogP contribution in [0.4, 0.5) is 11.4 Å². The predicted octanol–water partition coefficient (Wildman–Crippen LogP) is 5.45. The summed E-state index contributed by atoms with van der Waals surface area (Å²) in [6.07, 6.45) is 7.44. The minimum Gasteiger partial charge on any atom is -0.268 e. The summed E-state index contributed by atoms with van der Waals surface area (Å²) < 4.78 is 15.8. The lowest BCUT2D eigenvalue weighted by Crippen LogP contribution is -2.58. The first-order valence-electron chi connectivity index (χ1n) is 10.1. The Kier molecular flexibility index (Phi) is 4.19. The van der Waals surface area contributed by atoms with Crippen molar-refractivity contribution in [3.63, 3.8) is 0 Å². The van der Waals surface area contributed by atoms with E-state index in [0.717, 1.165) is 48.4 Å². The van der Waals surface area contributed by atoms with E-state index >= 15 is 0 Å². The lowest BCUT2D eigenvalue weighted by molar-refractivity contribution is -0.00851. The van der Waals surface area contributed by atoms with Crippen LogP contribution in [0.1, 0.15) is 38.5 Å². The Bertz CT molecular complexity index is 780. The minimum atomic E-state index is -3.31. The van der Waals surface area contributed by atoms with Crippen LogP contribution >= 0.6 is 7.59 Å². The standard InChI is InChI=1S/C22H28N3OP/c23-27(26,24-22-14-17-11-18(15-22)13-19(12-17)16-22)25(20-7-3-1-4-8-20)21-9-5-2-6-10-21/h1-10,17-19H,11-16H2,(H3,23,24,26). The van der Waals surface area contributed by atoms with E-state index in [1.807, 2.05) is 65.3 Å². The molecule has 4 bridgehead atoms. The van der Waals surface area contributed by atoms with E-state index in [1.165, 1.54) is 19.3 Å². The highest BCUT2D eigenvalue weighted by atomic mass is 31.2. The summed E-state index contributed by atoms with van der Waals surface area (Å²) in [5.74, 6) is 2.35. The lowest BCUT2D eigenvalue weighted by Gasteiger charge is -2.57. The molecule has 2 aromatic carbocycles. The number of nitrogens with zero attached hydrogens (tertiary/aromatic N) is 1. The minimum absolute atomic E-state index is 0.0547. The Balaban J connectivity index is 1.50. The molecule has 3 N–H and O–H groups in total. The van der Waals surface area contributed by atoms with Crippen molar-refractivity contribution in [3.8, 4) is 0 Å². The van der Waals surface area contributed by atoms with Gasteiger partial charge in [0.1, 0.15) is 0 Å². The molecule has 4 aliphatic carbocycles. The van der Waals surface area contributed by atoms with Gasteiger partial charge in [0, 0.05) is 16.9 Å². The largest absolute Gasteiger partial charge is 0.308 e. The van der Waals surface area contributed by atoms with Gasteiger partial charge < -0.3 is 0 Å². The van der Waals surface area contributed by atoms with Gasteiger partial charge in [-0.3, -0.25) is 14.7 Å². The number of hydrogen-bond acceptors (Lipinski definition) is 1. The van der Waals surface area contributed by atoms with Crippen molar-refractivity contribution in [2.45, 2.75) is 44.1 Å². The van der Waals surface area contributed by atoms with Gasteiger partial charge in [-0.1, -0.05) is 36.4 Å². The van der Waals surface area contributed by atoms with E-state index in [2.05, 4.69) is 5.09 Å². The summed E-state index contributed by atoms with van der Waals surface area (Å²) in [4.78, 5) is 0. The monoisotopic (exact) mass is 381 g/mol. The maximum absolute atomic E-state index is 14.0. The zero-order valence-electron chi connectivity index (χ0n) is 15.6. The number of nitrogens with two attached hydrogens (primary N) is 1. The maximum atomic E-state index is 14.0. The number of benzene rings is 2. The van der Waals surface area contributed by atoms with Crippen molar-refractivity contribution >= 4 is 19.0 Å². The second-order valence-corrected chi connectivity index (χ2v) is 10.8. The van der Waals surface area contributed by atoms with E-state index in [-0.39, 0.29) is 5.54 Å². The quantitative estimate of drug-likeness (QED) is 0.676. The van der Waals surface area contributed by atoms with Crippen LogP contribution in [0.25, 0.3) is 0 Å². The van der Waals surface area contributed by atoms with Crippen LogP contribution in [0.2, 0.25) is 0 Å². The Morgan fingerprint density at radius 1 is 0.815 bits per heavy atom. The van der Waals surface area contributed by atoms with Crippen molar-refractivity contribution < 1.29 is 4.57 Å². The molecule has 0 saturated heterocycles. The first-order valence-corrected chi connectivity index (χ1v) is 11.8. The summed E-state index contributed by atoms with van der Waals surface area (Å²) in [6.45, 7) is 0. The van der Waals surface area contributed by atoms with Gasteiger partial charge in [0.2, 0.25) is 0 Å². The van der Waals surface area contributed by atoms with E-state index in [1.54, 1.807) is 0 Å². The first kappa shape index (κ1) is 17.5. The van der Waals surface area contributed by atoms with Crippen LogP contribution in [0, 0.1) is 17.8 Å². The summed E-state index contributed by atoms with van der Waals surface area (Å²) in [6, 6.07) is 19.7. The number of anilines is 2. The van der Waals surface area contributed by atoms with Crippen molar-refractivity contribution in [2.24, 2.45) is 23.3 Å². The molecule has 4 nitrogen and oxygen atoms in total. The number of para-hydroxylation sites is 2. The Hall–Kier alpha value is -1.61. The van der Waals surface area contributed by atoms with Crippen LogP contribution in [0.15, 0.2) is 60.7 Å². The second kappa shape index (κ2) is 6.48. The highest BCUT2D eigenvalue weighted by Gasteiger charge is 2.53. The lowest BCUT2D eigenvalue weighted by atomic mass is 9.53. The van der Waals surface area contributed by atoms with Crippen LogP contribution in [0.3, 0.4) is 0 Å². The van der Waals surface area contributed by atoms with Crippen molar-refractivity contribution in [3.05, 3.63) is 60.7 Å². The van der Waals surface area contributed by atoms with E-state index in [9.17, 15) is 4.57 Å². The fraction of sp³-hybridized carbons (Fsp3) is 0.455. The average molecular weight is 381 g/mol. The molecule has 0 amide bonds. The van der Waals surface area contributed by atoms with Crippen LogP contribution in [0.5, 0.6) is 0 Å². The number of rotatable bonds is 5. The summed E-state index contributed by atoms with van der Waals surface area (Å²) >= 11 is 0. The molecular weight excluding hydrogens is 353 g/mol. The zero-order chi connectivity index (χ0) is 18.5. The molecule has 2 aromatic rings. The summed E-state index contributed by atoms with van der Waals surface area (Å²) in [7, 11) is -3.31. The van der Waals surface area contributed by atoms with Gasteiger partial charge in [0.25, 0.3) is 0 Å². The second-order valence-electron chi connectivity index (χ2n) is 8.92. The number of hydrogen-bond donors (Lipinski definition) is 2. The molecule has 4 aliphatic rings. The molecule has 0 aromatic heterocycles. The summed E-state index contributed by atoms with van der Waals surface area (Å²) in [5, 5.41) is 3.56. The van der Waals surface area contributed by atoms with E-state index in [4.69, 9.17) is 5.50 Å². The Labute approximate surface area is 161 Å². The zero-order valence-corrected chi connectivity index (χ0v) is 16.5. The molecule has 142 valence electrons. The number of nitrogens with one attached hydrogen (secondary N) is 1. The molecule has 0 heterocycles. The van der Waals surface area contributed by atoms with E-state index < -0.39 is 7.59 Å². The molecular formula is C22H28N3OP. The average Bonchev–Trinajstić information content (AvgIpc) is 2.61. The molecule has 4 fully saturated rings. The Morgan fingerprint density at radius 3 is 1.63 bits per heavy atom. The normalized spacial score (nSPS) is 33.6. The van der Waals surface area contributed by atoms with Gasteiger partial charge in [-0.15, -0.1) is 0 Å². The van der Waals surface area contributed by atoms with Crippen molar-refractivity contribution in [1.82, 2.24) is 5.09 Å². The third-order valence-electron chi connectivity index (χ3n) is 6.73. The fourth-order valence-electron chi connectivity index (χ4n) is 6.27. The van der Waals surface area contributed by atoms with Gasteiger partial charge in [0.05, 0.1) is 0 Å². The van der Waals surface area contributed by atoms with Gasteiger partial charge in [-0.05, 0) is 80.5 Å². The SMILES string of the molecule is NP(=O)(NC12CC3CC(CC(C3)C1)C2)N(c1ccccc1)c1ccccc1. The maximum Gasteiger partial charge on any atom is 0.308 e. The van der Waals surface area contributed by atoms with Gasteiger partial charge in [0.15, 0.2) is 0 Å². The van der Waals surface area contributed by atoms with Crippen LogP contribution < -0.4 is 15.3 Å². The van der Waals surface area contributed by atoms with Gasteiger partial charge >= 0.3 is 7.59 Å². The third-order valence-corrected chi connectivity index (χ3v) is 8.59. The first-order chi connectivity index (χ1) is 13.0. The third kappa shape index (κ3) is 3.24. The molecule has 5 heteroatoms. The van der Waals surface area contributed by atoms with E-state index in [0.29, 0.717) is 0 Å². The molecule has 0 aliphatic heterocycles. The van der Waals surface area contributed by atoms with Crippen molar-refractivity contribution in [1.29, 1.82) is 0 Å². The summed E-state index contributed by atoms with van der Waals surface area (Å²) in [5.41, 5.74) is 8.30. The highest BCUT2D eigenvalue weighted by molar-refractivity contribution is 7.61. The smallest absolute Gasteiger partial charge is 0.268 e. The molecule has 4 saturated carbocycles. The van der Waals surface area contributed by atoms with Crippen molar-refractivity contribution in [2.75, 3.05) is 4.67 Å². The topological polar surface area (TPSA) is 58.4 Å². The molecule has 0 radical (unpaired) electrons. The van der Waals surface area contributed by atoms with Crippen LogP contribution in [-0.2, 0) is 4.57 Å². The van der Waals surface area contributed by atoms with Gasteiger partial charge in [-0.2, -0.15) is 0 Å². The Morgan fingerprint density at radius 2 is 1.22 bits per heavy atom. The molecule has 0 spiro atoms. The highest BCUT2D eigenvalue weighted by Crippen LogP contribution is 2.59. The molecule has 1 atom stereocenters. The fourth-order valence-corrected chi connectivity index (χ4v) is 8.27. The molecule has 27 heavy (non-hydrogen) atoms. The predicted molar refractivity (Wildman–Crippen MR) is 111 cm³/mol. The molecule has 1 unspecified atom stereocenters. The molecule has 6 rings (SSSR count). The van der Waals surface area contributed by atoms with Crippen LogP contribution in [-0.4, -0.2) is 5.54 Å². The van der Waals surface area contributed by atoms with Gasteiger partial charge in [-0.25, -0.2) is 5.09 Å².